The van der Waals surface area contributed by atoms with Crippen LogP contribution in [0.15, 0.2) is 29.1 Å². The van der Waals surface area contributed by atoms with E-state index in [0.29, 0.717) is 45.1 Å². The Morgan fingerprint density at radius 2 is 1.86 bits per heavy atom. The van der Waals surface area contributed by atoms with E-state index in [1.165, 1.54) is 0 Å². The summed E-state index contributed by atoms with van der Waals surface area (Å²) >= 11 is 0. The largest absolute Gasteiger partial charge is 0.466 e. The van der Waals surface area contributed by atoms with Gasteiger partial charge in [0.05, 0.1) is 24.1 Å². The fraction of sp³-hybridized carbons (Fsp3) is 0.500. The average molecular weight is 401 g/mol. The Bertz CT molecular complexity index is 934. The van der Waals surface area contributed by atoms with Crippen molar-refractivity contribution in [2.75, 3.05) is 44.2 Å². The Kier molecular flexibility index (Phi) is 6.69. The zero-order chi connectivity index (χ0) is 20.8. The van der Waals surface area contributed by atoms with Crippen LogP contribution in [0, 0.1) is 0 Å². The third-order valence-corrected chi connectivity index (χ3v) is 4.93. The third kappa shape index (κ3) is 4.67. The van der Waals surface area contributed by atoms with E-state index in [4.69, 9.17) is 4.74 Å². The maximum absolute atomic E-state index is 12.9. The molecule has 0 spiro atoms. The number of carbonyl (C=O) groups is 2. The van der Waals surface area contributed by atoms with Gasteiger partial charge in [0.15, 0.2) is 5.82 Å². The number of fused-ring (bicyclic) bond motifs is 1. The predicted octanol–water partition coefficient (Wildman–Crippen LogP) is 1.20. The summed E-state index contributed by atoms with van der Waals surface area (Å²) in [4.78, 5) is 44.7. The zero-order valence-electron chi connectivity index (χ0n) is 16.9. The van der Waals surface area contributed by atoms with Crippen LogP contribution in [0.5, 0.6) is 0 Å². The summed E-state index contributed by atoms with van der Waals surface area (Å²) in [5.41, 5.74) is 1.49. The Balaban J connectivity index is 1.62. The standard InChI is InChI=1S/C20H27N5O4/c1-3-25-16-8-6-5-7-15(16)22-18(19(25)27)23-11-13-24(14-12-23)20(28)21-10-9-17(26)29-4-2/h5-8H,3-4,9-14H2,1-2H3,(H,21,28). The smallest absolute Gasteiger partial charge is 0.317 e. The van der Waals surface area contributed by atoms with Crippen molar-refractivity contribution in [3.8, 4) is 0 Å². The second-order valence-corrected chi connectivity index (χ2v) is 6.73. The first kappa shape index (κ1) is 20.6. The van der Waals surface area contributed by atoms with Gasteiger partial charge >= 0.3 is 12.0 Å². The van der Waals surface area contributed by atoms with Crippen molar-refractivity contribution in [1.29, 1.82) is 0 Å². The summed E-state index contributed by atoms with van der Waals surface area (Å²) < 4.78 is 6.57. The number of esters is 1. The number of ether oxygens (including phenoxy) is 1. The summed E-state index contributed by atoms with van der Waals surface area (Å²) in [5, 5.41) is 2.74. The van der Waals surface area contributed by atoms with Gasteiger partial charge in [-0.2, -0.15) is 0 Å². The molecule has 1 saturated heterocycles. The van der Waals surface area contributed by atoms with Gasteiger partial charge in [0.2, 0.25) is 0 Å². The number of nitrogens with zero attached hydrogens (tertiary/aromatic N) is 4. The number of rotatable bonds is 6. The first-order valence-electron chi connectivity index (χ1n) is 9.98. The number of piperazine rings is 1. The Morgan fingerprint density at radius 1 is 1.14 bits per heavy atom. The molecule has 0 saturated carbocycles. The van der Waals surface area contributed by atoms with Gasteiger partial charge in [0, 0.05) is 39.3 Å². The van der Waals surface area contributed by atoms with E-state index in [9.17, 15) is 14.4 Å². The van der Waals surface area contributed by atoms with Gasteiger partial charge in [0.25, 0.3) is 5.56 Å². The van der Waals surface area contributed by atoms with E-state index in [1.807, 2.05) is 36.1 Å². The number of hydrogen-bond donors (Lipinski definition) is 1. The summed E-state index contributed by atoms with van der Waals surface area (Å²) in [7, 11) is 0. The minimum absolute atomic E-state index is 0.112. The molecule has 29 heavy (non-hydrogen) atoms. The molecule has 1 aliphatic heterocycles. The van der Waals surface area contributed by atoms with Crippen molar-refractivity contribution in [2.45, 2.75) is 26.8 Å². The fourth-order valence-corrected chi connectivity index (χ4v) is 3.44. The van der Waals surface area contributed by atoms with Crippen LogP contribution in [0.25, 0.3) is 11.0 Å². The van der Waals surface area contributed by atoms with Crippen LogP contribution in [0.2, 0.25) is 0 Å². The van der Waals surface area contributed by atoms with Gasteiger partial charge < -0.3 is 24.4 Å². The first-order valence-corrected chi connectivity index (χ1v) is 9.98. The van der Waals surface area contributed by atoms with Gasteiger partial charge in [-0.1, -0.05) is 12.1 Å². The molecule has 2 amide bonds. The minimum atomic E-state index is -0.327. The van der Waals surface area contributed by atoms with Crippen LogP contribution in [0.4, 0.5) is 10.6 Å². The molecule has 0 bridgehead atoms. The number of para-hydroxylation sites is 2. The van der Waals surface area contributed by atoms with Gasteiger partial charge in [-0.15, -0.1) is 0 Å². The molecule has 156 valence electrons. The monoisotopic (exact) mass is 401 g/mol. The van der Waals surface area contributed by atoms with Crippen molar-refractivity contribution in [1.82, 2.24) is 19.8 Å². The molecular formula is C20H27N5O4. The van der Waals surface area contributed by atoms with Crippen LogP contribution in [-0.2, 0) is 16.1 Å². The van der Waals surface area contributed by atoms with Crippen LogP contribution < -0.4 is 15.8 Å². The molecule has 0 unspecified atom stereocenters. The van der Waals surface area contributed by atoms with Gasteiger partial charge in [-0.05, 0) is 26.0 Å². The summed E-state index contributed by atoms with van der Waals surface area (Å²) in [6.07, 6.45) is 0.150. The molecule has 3 rings (SSSR count). The molecule has 9 nitrogen and oxygen atoms in total. The average Bonchev–Trinajstić information content (AvgIpc) is 2.73. The lowest BCUT2D eigenvalue weighted by molar-refractivity contribution is -0.142. The van der Waals surface area contributed by atoms with Crippen molar-refractivity contribution >= 4 is 28.9 Å². The van der Waals surface area contributed by atoms with E-state index in [2.05, 4.69) is 10.3 Å². The van der Waals surface area contributed by atoms with Crippen LogP contribution in [0.3, 0.4) is 0 Å². The molecule has 1 fully saturated rings. The highest BCUT2D eigenvalue weighted by molar-refractivity contribution is 5.77. The SMILES string of the molecule is CCOC(=O)CCNC(=O)N1CCN(c2nc3ccccc3n(CC)c2=O)CC1. The second kappa shape index (κ2) is 9.40. The summed E-state index contributed by atoms with van der Waals surface area (Å²) in [6, 6.07) is 7.38. The highest BCUT2D eigenvalue weighted by Gasteiger charge is 2.24. The number of carbonyl (C=O) groups excluding carboxylic acids is 2. The van der Waals surface area contributed by atoms with E-state index in [1.54, 1.807) is 16.4 Å². The number of nitrogens with one attached hydrogen (secondary N) is 1. The molecule has 1 aromatic carbocycles. The van der Waals surface area contributed by atoms with Crippen molar-refractivity contribution in [3.63, 3.8) is 0 Å². The zero-order valence-corrected chi connectivity index (χ0v) is 16.9. The lowest BCUT2D eigenvalue weighted by Gasteiger charge is -2.35. The lowest BCUT2D eigenvalue weighted by Crippen LogP contribution is -2.53. The number of aromatic nitrogens is 2. The van der Waals surface area contributed by atoms with Gasteiger partial charge in [-0.25, -0.2) is 9.78 Å². The van der Waals surface area contributed by atoms with E-state index < -0.39 is 0 Å². The minimum Gasteiger partial charge on any atom is -0.466 e. The van der Waals surface area contributed by atoms with Gasteiger partial charge in [0.1, 0.15) is 0 Å². The van der Waals surface area contributed by atoms with Gasteiger partial charge in [-0.3, -0.25) is 9.59 Å². The third-order valence-electron chi connectivity index (χ3n) is 4.93. The summed E-state index contributed by atoms with van der Waals surface area (Å²) in [5.74, 6) is 0.0973. The van der Waals surface area contributed by atoms with E-state index in [0.717, 1.165) is 11.0 Å². The van der Waals surface area contributed by atoms with Crippen molar-refractivity contribution in [2.24, 2.45) is 0 Å². The highest BCUT2D eigenvalue weighted by Crippen LogP contribution is 2.16. The molecule has 2 aromatic rings. The summed E-state index contributed by atoms with van der Waals surface area (Å²) in [6.45, 7) is 6.83. The Hall–Kier alpha value is -3.10. The quantitative estimate of drug-likeness (QED) is 0.731. The Labute approximate surface area is 169 Å². The molecule has 1 aliphatic rings. The normalized spacial score (nSPS) is 14.1. The molecular weight excluding hydrogens is 374 g/mol. The van der Waals surface area contributed by atoms with Crippen LogP contribution in [0.1, 0.15) is 20.3 Å². The number of hydrogen-bond acceptors (Lipinski definition) is 6. The van der Waals surface area contributed by atoms with Crippen LogP contribution >= 0.6 is 0 Å². The Morgan fingerprint density at radius 3 is 2.55 bits per heavy atom. The molecule has 0 atom stereocenters. The predicted molar refractivity (Wildman–Crippen MR) is 110 cm³/mol. The highest BCUT2D eigenvalue weighted by atomic mass is 16.5. The molecule has 9 heteroatoms. The fourth-order valence-electron chi connectivity index (χ4n) is 3.44. The first-order chi connectivity index (χ1) is 14.0. The maximum Gasteiger partial charge on any atom is 0.317 e. The van der Waals surface area contributed by atoms with Crippen molar-refractivity contribution < 1.29 is 14.3 Å². The lowest BCUT2D eigenvalue weighted by atomic mass is 10.2. The van der Waals surface area contributed by atoms with E-state index in [-0.39, 0.29) is 30.5 Å². The molecule has 2 heterocycles. The molecule has 0 radical (unpaired) electrons. The molecule has 1 N–H and O–H groups in total. The number of aryl methyl sites for hydroxylation is 1. The maximum atomic E-state index is 12.9. The number of benzene rings is 1. The number of amides is 2. The molecule has 0 aliphatic carbocycles. The van der Waals surface area contributed by atoms with E-state index >= 15 is 0 Å². The number of urea groups is 1. The topological polar surface area (TPSA) is 96.8 Å². The second-order valence-electron chi connectivity index (χ2n) is 6.73. The molecule has 1 aromatic heterocycles. The van der Waals surface area contributed by atoms with Crippen molar-refractivity contribution in [3.05, 3.63) is 34.6 Å². The number of anilines is 1. The van der Waals surface area contributed by atoms with Crippen LogP contribution in [-0.4, -0.2) is 65.8 Å².